The smallest absolute Gasteiger partial charge is 0.307 e. The molecule has 0 aliphatic heterocycles. The van der Waals surface area contributed by atoms with Crippen LogP contribution in [0.4, 0.5) is 0 Å². The monoisotopic (exact) mass is 264 g/mol. The normalized spacial score (nSPS) is 10.6. The van der Waals surface area contributed by atoms with Gasteiger partial charge in [0.25, 0.3) is 0 Å². The third-order valence-electron chi connectivity index (χ3n) is 2.64. The second-order valence-corrected chi connectivity index (χ2v) is 4.53. The Morgan fingerprint density at radius 1 is 1.39 bits per heavy atom. The molecule has 0 saturated heterocycles. The number of nitrogens with zero attached hydrogens (tertiary/aromatic N) is 2. The highest BCUT2D eigenvalue weighted by Gasteiger charge is 2.11. The predicted molar refractivity (Wildman–Crippen MR) is 68.9 cm³/mol. The minimum Gasteiger partial charge on any atom is -0.481 e. The van der Waals surface area contributed by atoms with Gasteiger partial charge in [-0.25, -0.2) is 4.68 Å². The minimum atomic E-state index is -0.910. The van der Waals surface area contributed by atoms with E-state index in [1.165, 1.54) is 11.8 Å². The van der Waals surface area contributed by atoms with E-state index >= 15 is 0 Å². The summed E-state index contributed by atoms with van der Waals surface area (Å²) in [6, 6.07) is 8.05. The molecule has 1 heterocycles. The van der Waals surface area contributed by atoms with Gasteiger partial charge in [0.15, 0.2) is 0 Å². The zero-order valence-corrected chi connectivity index (χ0v) is 10.7. The highest BCUT2D eigenvalue weighted by atomic mass is 35.5. The summed E-state index contributed by atoms with van der Waals surface area (Å²) < 4.78 is 1.60. The average Bonchev–Trinajstić information content (AvgIpc) is 2.64. The van der Waals surface area contributed by atoms with Gasteiger partial charge in [-0.3, -0.25) is 4.79 Å². The molecule has 1 N–H and O–H groups in total. The third kappa shape index (κ3) is 2.90. The summed E-state index contributed by atoms with van der Waals surface area (Å²) >= 11 is 6.09. The predicted octanol–water partition coefficient (Wildman–Crippen LogP) is 2.52. The van der Waals surface area contributed by atoms with Crippen LogP contribution in [0.25, 0.3) is 0 Å². The number of rotatable bonds is 4. The van der Waals surface area contributed by atoms with Gasteiger partial charge in [0.05, 0.1) is 19.2 Å². The molecule has 1 aromatic carbocycles. The number of benzene rings is 1. The van der Waals surface area contributed by atoms with Crippen LogP contribution in [0.1, 0.15) is 16.7 Å². The van der Waals surface area contributed by atoms with E-state index in [0.29, 0.717) is 17.3 Å². The maximum Gasteiger partial charge on any atom is 0.307 e. The van der Waals surface area contributed by atoms with E-state index < -0.39 is 5.97 Å². The van der Waals surface area contributed by atoms with Gasteiger partial charge in [0.1, 0.15) is 5.15 Å². The van der Waals surface area contributed by atoms with Crippen LogP contribution in [-0.2, 0) is 17.8 Å². The van der Waals surface area contributed by atoms with Crippen molar-refractivity contribution < 1.29 is 9.90 Å². The second-order valence-electron chi connectivity index (χ2n) is 4.17. The minimum absolute atomic E-state index is 0.104. The molecule has 0 amide bonds. The summed E-state index contributed by atoms with van der Waals surface area (Å²) in [7, 11) is 0. The average molecular weight is 265 g/mol. The molecule has 0 bridgehead atoms. The molecular formula is C13H13ClN2O2. The number of hydrogen-bond donors (Lipinski definition) is 1. The number of carboxylic acid groups (broad SMARTS) is 1. The Kier molecular flexibility index (Phi) is 3.67. The van der Waals surface area contributed by atoms with Crippen molar-refractivity contribution in [3.05, 3.63) is 52.3 Å². The van der Waals surface area contributed by atoms with Crippen molar-refractivity contribution in [2.45, 2.75) is 19.9 Å². The Hall–Kier alpha value is -1.81. The quantitative estimate of drug-likeness (QED) is 0.923. The Bertz CT molecular complexity index is 561. The summed E-state index contributed by atoms with van der Waals surface area (Å²) in [5.74, 6) is -0.910. The second kappa shape index (κ2) is 5.23. The van der Waals surface area contributed by atoms with Crippen molar-refractivity contribution in [3.63, 3.8) is 0 Å². The lowest BCUT2D eigenvalue weighted by Gasteiger charge is -2.04. The fourth-order valence-electron chi connectivity index (χ4n) is 1.67. The van der Waals surface area contributed by atoms with Crippen LogP contribution in [0.2, 0.25) is 5.15 Å². The molecule has 0 aliphatic carbocycles. The van der Waals surface area contributed by atoms with E-state index in [1.54, 1.807) is 4.68 Å². The van der Waals surface area contributed by atoms with E-state index in [4.69, 9.17) is 16.7 Å². The lowest BCUT2D eigenvalue weighted by Crippen LogP contribution is -2.03. The topological polar surface area (TPSA) is 55.1 Å². The largest absolute Gasteiger partial charge is 0.481 e. The number of halogens is 1. The van der Waals surface area contributed by atoms with Crippen molar-refractivity contribution >= 4 is 17.6 Å². The first-order valence-corrected chi connectivity index (χ1v) is 5.91. The molecule has 0 unspecified atom stereocenters. The van der Waals surface area contributed by atoms with Crippen LogP contribution in [0.5, 0.6) is 0 Å². The Labute approximate surface area is 110 Å². The van der Waals surface area contributed by atoms with Crippen molar-refractivity contribution in [2.24, 2.45) is 0 Å². The van der Waals surface area contributed by atoms with Gasteiger partial charge in [-0.15, -0.1) is 0 Å². The Morgan fingerprint density at radius 3 is 2.67 bits per heavy atom. The van der Waals surface area contributed by atoms with Crippen LogP contribution in [-0.4, -0.2) is 20.9 Å². The first-order chi connectivity index (χ1) is 8.56. The van der Waals surface area contributed by atoms with Crippen LogP contribution in [0.15, 0.2) is 30.5 Å². The van der Waals surface area contributed by atoms with Crippen LogP contribution in [0, 0.1) is 6.92 Å². The number of carbonyl (C=O) groups is 1. The zero-order valence-electron chi connectivity index (χ0n) is 9.93. The zero-order chi connectivity index (χ0) is 13.1. The van der Waals surface area contributed by atoms with Gasteiger partial charge in [-0.1, -0.05) is 41.4 Å². The fourth-order valence-corrected chi connectivity index (χ4v) is 1.89. The van der Waals surface area contributed by atoms with Gasteiger partial charge in [-0.2, -0.15) is 5.10 Å². The first kappa shape index (κ1) is 12.6. The summed E-state index contributed by atoms with van der Waals surface area (Å²) in [6.07, 6.45) is 1.40. The molecule has 2 rings (SSSR count). The third-order valence-corrected chi connectivity index (χ3v) is 3.08. The molecule has 0 saturated carbocycles. The van der Waals surface area contributed by atoms with Gasteiger partial charge in [0.2, 0.25) is 0 Å². The molecule has 4 nitrogen and oxygen atoms in total. The van der Waals surface area contributed by atoms with E-state index in [1.807, 2.05) is 31.2 Å². The summed E-state index contributed by atoms with van der Waals surface area (Å²) in [5.41, 5.74) is 2.81. The fraction of sp³-hybridized carbons (Fsp3) is 0.231. The molecule has 0 fully saturated rings. The number of aromatic nitrogens is 2. The van der Waals surface area contributed by atoms with E-state index in [-0.39, 0.29) is 6.42 Å². The van der Waals surface area contributed by atoms with E-state index in [9.17, 15) is 4.79 Å². The van der Waals surface area contributed by atoms with Gasteiger partial charge >= 0.3 is 5.97 Å². The molecule has 0 atom stereocenters. The van der Waals surface area contributed by atoms with Crippen molar-refractivity contribution in [1.29, 1.82) is 0 Å². The number of carboxylic acids is 1. The molecule has 18 heavy (non-hydrogen) atoms. The molecule has 5 heteroatoms. The Morgan fingerprint density at radius 2 is 2.06 bits per heavy atom. The maximum absolute atomic E-state index is 10.6. The number of aryl methyl sites for hydroxylation is 1. The molecule has 94 valence electrons. The van der Waals surface area contributed by atoms with Gasteiger partial charge in [0, 0.05) is 5.56 Å². The lowest BCUT2D eigenvalue weighted by atomic mass is 10.1. The summed E-state index contributed by atoms with van der Waals surface area (Å²) in [4.78, 5) is 10.6. The highest BCUT2D eigenvalue weighted by molar-refractivity contribution is 6.30. The van der Waals surface area contributed by atoms with Crippen LogP contribution < -0.4 is 0 Å². The molecular weight excluding hydrogens is 252 g/mol. The van der Waals surface area contributed by atoms with E-state index in [2.05, 4.69) is 5.10 Å². The van der Waals surface area contributed by atoms with Gasteiger partial charge < -0.3 is 5.11 Å². The highest BCUT2D eigenvalue weighted by Crippen LogP contribution is 2.17. The molecule has 1 aromatic heterocycles. The van der Waals surface area contributed by atoms with E-state index in [0.717, 1.165) is 5.56 Å². The van der Waals surface area contributed by atoms with Crippen molar-refractivity contribution in [1.82, 2.24) is 9.78 Å². The summed E-state index contributed by atoms with van der Waals surface area (Å²) in [5, 5.41) is 13.2. The first-order valence-electron chi connectivity index (χ1n) is 5.54. The van der Waals surface area contributed by atoms with Crippen LogP contribution in [0.3, 0.4) is 0 Å². The molecule has 0 radical (unpaired) electrons. The van der Waals surface area contributed by atoms with Crippen LogP contribution >= 0.6 is 11.6 Å². The number of hydrogen-bond acceptors (Lipinski definition) is 2. The lowest BCUT2D eigenvalue weighted by molar-refractivity contribution is -0.136. The molecule has 2 aromatic rings. The van der Waals surface area contributed by atoms with Crippen molar-refractivity contribution in [3.8, 4) is 0 Å². The summed E-state index contributed by atoms with van der Waals surface area (Å²) in [6.45, 7) is 2.56. The molecule has 0 spiro atoms. The maximum atomic E-state index is 10.6. The van der Waals surface area contributed by atoms with Crippen molar-refractivity contribution in [2.75, 3.05) is 0 Å². The Balaban J connectivity index is 2.17. The number of aliphatic carboxylic acids is 1. The molecule has 0 aliphatic rings. The van der Waals surface area contributed by atoms with Gasteiger partial charge in [-0.05, 0) is 12.5 Å². The standard InChI is InChI=1S/C13H13ClN2O2/c1-9-2-4-10(5-3-9)8-16-13(14)11(7-15-16)6-12(17)18/h2-5,7H,6,8H2,1H3,(H,17,18). The SMILES string of the molecule is Cc1ccc(Cn2ncc(CC(=O)O)c2Cl)cc1.